The minimum absolute atomic E-state index is 0.00204. The molecule has 0 aromatic carbocycles. The van der Waals surface area contributed by atoms with Gasteiger partial charge in [-0.25, -0.2) is 13.9 Å². The van der Waals surface area contributed by atoms with Crippen LogP contribution in [0.25, 0.3) is 0 Å². The second kappa shape index (κ2) is 17.6. The molecule has 14 heteroatoms. The predicted octanol–water partition coefficient (Wildman–Crippen LogP) is 4.21. The van der Waals surface area contributed by atoms with Crippen LogP contribution in [0.4, 0.5) is 0 Å². The molecule has 0 aromatic heterocycles. The van der Waals surface area contributed by atoms with Gasteiger partial charge in [-0.3, -0.25) is 22.9 Å². The molecular weight excluding hydrogens is 504 g/mol. The summed E-state index contributed by atoms with van der Waals surface area (Å²) in [5.74, 6) is -1.29. The molecule has 3 unspecified atom stereocenters. The highest BCUT2D eigenvalue weighted by Gasteiger charge is 2.34. The van der Waals surface area contributed by atoms with Crippen molar-refractivity contribution >= 4 is 27.5 Å². The Hall–Kier alpha value is -0.840. The highest BCUT2D eigenvalue weighted by Crippen LogP contribution is 2.45. The number of rotatable bonds is 16. The van der Waals surface area contributed by atoms with Gasteiger partial charge in [0.05, 0.1) is 25.9 Å². The lowest BCUT2D eigenvalue weighted by atomic mass is 10.1. The van der Waals surface area contributed by atoms with Crippen molar-refractivity contribution in [3.8, 4) is 0 Å². The van der Waals surface area contributed by atoms with Gasteiger partial charge in [-0.2, -0.15) is 0 Å². The Labute approximate surface area is 209 Å². The molecule has 0 saturated heterocycles. The van der Waals surface area contributed by atoms with Crippen LogP contribution in [0.2, 0.25) is 0 Å². The molecule has 0 bridgehead atoms. The number of hydrogen-bond donors (Lipinski definition) is 4. The number of hydrogen-bond acceptors (Lipinski definition) is 8. The molecule has 0 saturated carbocycles. The Kier molecular flexibility index (Phi) is 18.2. The van der Waals surface area contributed by atoms with Crippen LogP contribution in [0.1, 0.15) is 68.7 Å². The molecule has 210 valence electrons. The summed E-state index contributed by atoms with van der Waals surface area (Å²) in [4.78, 5) is 41.5. The fourth-order valence-corrected chi connectivity index (χ4v) is 4.19. The van der Waals surface area contributed by atoms with Crippen LogP contribution >= 0.6 is 15.6 Å². The van der Waals surface area contributed by atoms with Gasteiger partial charge in [0.1, 0.15) is 0 Å². The van der Waals surface area contributed by atoms with Gasteiger partial charge in [-0.1, -0.05) is 55.4 Å². The summed E-state index contributed by atoms with van der Waals surface area (Å²) < 4.78 is 41.9. The van der Waals surface area contributed by atoms with Crippen LogP contribution in [0, 0.1) is 23.7 Å². The Morgan fingerprint density at radius 3 is 1.40 bits per heavy atom. The van der Waals surface area contributed by atoms with Crippen molar-refractivity contribution in [2.45, 2.75) is 80.9 Å². The maximum Gasteiger partial charge on any atom is 0.472 e. The predicted molar refractivity (Wildman–Crippen MR) is 132 cm³/mol. The van der Waals surface area contributed by atoms with E-state index in [2.05, 4.69) is 5.32 Å². The van der Waals surface area contributed by atoms with Crippen LogP contribution in [0.3, 0.4) is 0 Å². The Morgan fingerprint density at radius 1 is 0.714 bits per heavy atom. The number of carbonyl (C=O) groups excluding carboxylic acids is 1. The fraction of sp³-hybridized carbons (Fsp3) is 0.905. The van der Waals surface area contributed by atoms with Crippen molar-refractivity contribution in [2.24, 2.45) is 23.7 Å². The quantitative estimate of drug-likeness (QED) is 0.203. The van der Waals surface area contributed by atoms with Gasteiger partial charge in [0.2, 0.25) is 5.91 Å². The number of phosphoric acid groups is 2. The molecule has 0 aliphatic rings. The monoisotopic (exact) mass is 549 g/mol. The number of aliphatic carboxylic acids is 1. The largest absolute Gasteiger partial charge is 0.480 e. The van der Waals surface area contributed by atoms with E-state index >= 15 is 0 Å². The third kappa shape index (κ3) is 22.1. The van der Waals surface area contributed by atoms with E-state index in [9.17, 15) is 23.6 Å². The molecule has 3 atom stereocenters. The molecule has 12 nitrogen and oxygen atoms in total. The van der Waals surface area contributed by atoms with E-state index in [1.54, 1.807) is 13.8 Å². The van der Waals surface area contributed by atoms with E-state index in [0.29, 0.717) is 0 Å². The summed E-state index contributed by atoms with van der Waals surface area (Å²) in [6.07, 6.45) is -1.08. The SMILES string of the molecule is CC(C)COP(=O)(O)OC(C)C(NC(=O)CC(C)C)C(=O)O.CC(C)COP(=O)(O)OCC(C)C. The average molecular weight is 550 g/mol. The number of carboxylic acids is 1. The molecule has 0 spiro atoms. The maximum atomic E-state index is 11.7. The van der Waals surface area contributed by atoms with Crippen molar-refractivity contribution in [1.82, 2.24) is 5.32 Å². The number of phosphoric ester groups is 2. The molecule has 35 heavy (non-hydrogen) atoms. The molecule has 0 radical (unpaired) electrons. The van der Waals surface area contributed by atoms with E-state index in [-0.39, 0.29) is 49.9 Å². The third-order valence-corrected chi connectivity index (χ3v) is 5.68. The molecule has 0 aromatic rings. The highest BCUT2D eigenvalue weighted by atomic mass is 31.2. The molecule has 1 amide bonds. The molecule has 0 aliphatic carbocycles. The Morgan fingerprint density at radius 2 is 1.09 bits per heavy atom. The molecule has 4 N–H and O–H groups in total. The van der Waals surface area contributed by atoms with Gasteiger partial charge in [-0.15, -0.1) is 0 Å². The number of carboxylic acid groups (broad SMARTS) is 1. The first-order valence-corrected chi connectivity index (χ1v) is 14.6. The molecule has 0 fully saturated rings. The van der Waals surface area contributed by atoms with E-state index < -0.39 is 39.7 Å². The summed E-state index contributed by atoms with van der Waals surface area (Å²) in [6, 6.07) is -1.44. The van der Waals surface area contributed by atoms with Gasteiger partial charge >= 0.3 is 21.6 Å². The Balaban J connectivity index is 0. The fourth-order valence-electron chi connectivity index (χ4n) is 2.05. The molecule has 0 heterocycles. The first-order valence-electron chi connectivity index (χ1n) is 11.6. The average Bonchev–Trinajstić information content (AvgIpc) is 2.67. The van der Waals surface area contributed by atoms with Gasteiger partial charge in [0.25, 0.3) is 0 Å². The normalized spacial score (nSPS) is 15.5. The van der Waals surface area contributed by atoms with Crippen molar-refractivity contribution in [2.75, 3.05) is 19.8 Å². The summed E-state index contributed by atoms with van der Waals surface area (Å²) in [7, 11) is -8.18. The van der Waals surface area contributed by atoms with E-state index in [1.165, 1.54) is 6.92 Å². The second-order valence-corrected chi connectivity index (χ2v) is 12.7. The van der Waals surface area contributed by atoms with Crippen LogP contribution in [-0.2, 0) is 36.8 Å². The van der Waals surface area contributed by atoms with Crippen molar-refractivity contribution in [3.05, 3.63) is 0 Å². The van der Waals surface area contributed by atoms with Crippen molar-refractivity contribution in [1.29, 1.82) is 0 Å². The zero-order chi connectivity index (χ0) is 28.0. The first-order chi connectivity index (χ1) is 15.8. The lowest BCUT2D eigenvalue weighted by Gasteiger charge is -2.24. The minimum Gasteiger partial charge on any atom is -0.480 e. The van der Waals surface area contributed by atoms with Gasteiger partial charge in [0, 0.05) is 6.42 Å². The van der Waals surface area contributed by atoms with Crippen LogP contribution in [0.5, 0.6) is 0 Å². The topological polar surface area (TPSA) is 178 Å². The highest BCUT2D eigenvalue weighted by molar-refractivity contribution is 7.47. The van der Waals surface area contributed by atoms with E-state index in [4.69, 9.17) is 28.1 Å². The summed E-state index contributed by atoms with van der Waals surface area (Å²) in [5.41, 5.74) is 0. The standard InChI is InChI=1S/C13H26NO7P.C8H19O4P/c1-8(2)6-11(15)14-12(13(16)17)10(5)21-22(18,19)20-7-9(3)4;1-7(2)5-11-13(9,10)12-6-8(3)4/h8-10,12H,6-7H2,1-5H3,(H,14,15)(H,16,17)(H,18,19);7-8H,5-6H2,1-4H3,(H,9,10). The third-order valence-electron chi connectivity index (χ3n) is 3.66. The van der Waals surface area contributed by atoms with Crippen molar-refractivity contribution in [3.63, 3.8) is 0 Å². The minimum atomic E-state index is -4.38. The summed E-state index contributed by atoms with van der Waals surface area (Å²) in [6.45, 7) is 16.6. The maximum absolute atomic E-state index is 11.7. The van der Waals surface area contributed by atoms with E-state index in [1.807, 2.05) is 41.5 Å². The first kappa shape index (κ1) is 36.3. The van der Waals surface area contributed by atoms with Crippen LogP contribution in [0.15, 0.2) is 0 Å². The van der Waals surface area contributed by atoms with Crippen molar-refractivity contribution < 1.29 is 51.7 Å². The number of amides is 1. The summed E-state index contributed by atoms with van der Waals surface area (Å²) in [5, 5.41) is 11.4. The number of carbonyl (C=O) groups is 2. The van der Waals surface area contributed by atoms with Crippen LogP contribution in [-0.4, -0.2) is 58.7 Å². The summed E-state index contributed by atoms with van der Waals surface area (Å²) >= 11 is 0. The van der Waals surface area contributed by atoms with Crippen LogP contribution < -0.4 is 5.32 Å². The second-order valence-electron chi connectivity index (χ2n) is 9.80. The zero-order valence-corrected chi connectivity index (χ0v) is 24.1. The lowest BCUT2D eigenvalue weighted by molar-refractivity contribution is -0.144. The molecular formula is C21H45NO11P2. The van der Waals surface area contributed by atoms with Gasteiger partial charge in [0.15, 0.2) is 6.04 Å². The number of nitrogens with one attached hydrogen (secondary N) is 1. The lowest BCUT2D eigenvalue weighted by Crippen LogP contribution is -2.48. The van der Waals surface area contributed by atoms with Gasteiger partial charge < -0.3 is 20.2 Å². The smallest absolute Gasteiger partial charge is 0.472 e. The molecule has 0 aliphatic heterocycles. The van der Waals surface area contributed by atoms with Gasteiger partial charge in [-0.05, 0) is 30.6 Å². The molecule has 0 rings (SSSR count). The Bertz CT molecular complexity index is 697. The zero-order valence-electron chi connectivity index (χ0n) is 22.3. The van der Waals surface area contributed by atoms with E-state index in [0.717, 1.165) is 0 Å².